The van der Waals surface area contributed by atoms with Crippen molar-refractivity contribution in [1.29, 1.82) is 0 Å². The van der Waals surface area contributed by atoms with Gasteiger partial charge in [0, 0.05) is 44.8 Å². The van der Waals surface area contributed by atoms with Crippen LogP contribution >= 0.6 is 11.3 Å². The number of aromatic amines is 1. The Hall–Kier alpha value is -2.94. The Balaban J connectivity index is 1.37. The molecule has 3 heterocycles. The highest BCUT2D eigenvalue weighted by atomic mass is 32.1. The van der Waals surface area contributed by atoms with Crippen molar-refractivity contribution in [3.63, 3.8) is 0 Å². The molecule has 146 valence electrons. The minimum atomic E-state index is -0.496. The Kier molecular flexibility index (Phi) is 4.99. The van der Waals surface area contributed by atoms with E-state index in [9.17, 15) is 18.8 Å². The van der Waals surface area contributed by atoms with E-state index < -0.39 is 5.69 Å². The Morgan fingerprint density at radius 1 is 1.07 bits per heavy atom. The number of H-pyrrole nitrogens is 1. The fourth-order valence-electron chi connectivity index (χ4n) is 3.41. The molecule has 0 bridgehead atoms. The number of carbonyl (C=O) groups excluding carboxylic acids is 1. The Bertz CT molecular complexity index is 1110. The third kappa shape index (κ3) is 3.57. The summed E-state index contributed by atoms with van der Waals surface area (Å²) in [4.78, 5) is 43.6. The average Bonchev–Trinajstić information content (AvgIpc) is 3.17. The van der Waals surface area contributed by atoms with Gasteiger partial charge in [0.2, 0.25) is 5.91 Å². The predicted molar refractivity (Wildman–Crippen MR) is 107 cm³/mol. The van der Waals surface area contributed by atoms with Gasteiger partial charge in [-0.3, -0.25) is 14.2 Å². The summed E-state index contributed by atoms with van der Waals surface area (Å²) in [6.45, 7) is 2.45. The lowest BCUT2D eigenvalue weighted by molar-refractivity contribution is -0.131. The number of amides is 1. The molecule has 7 nitrogen and oxygen atoms in total. The van der Waals surface area contributed by atoms with Crippen LogP contribution in [0.15, 0.2) is 45.3 Å². The summed E-state index contributed by atoms with van der Waals surface area (Å²) < 4.78 is 14.6. The van der Waals surface area contributed by atoms with E-state index in [2.05, 4.69) is 9.88 Å². The molecule has 1 aliphatic heterocycles. The van der Waals surface area contributed by atoms with Crippen LogP contribution in [-0.2, 0) is 11.3 Å². The lowest BCUT2D eigenvalue weighted by Gasteiger charge is -2.36. The second-order valence-corrected chi connectivity index (χ2v) is 7.56. The lowest BCUT2D eigenvalue weighted by Crippen LogP contribution is -2.49. The highest BCUT2D eigenvalue weighted by Crippen LogP contribution is 2.17. The fraction of sp³-hybridized carbons (Fsp3) is 0.316. The van der Waals surface area contributed by atoms with Crippen LogP contribution in [0.3, 0.4) is 0 Å². The summed E-state index contributed by atoms with van der Waals surface area (Å²) in [7, 11) is 0. The first-order chi connectivity index (χ1) is 13.5. The van der Waals surface area contributed by atoms with E-state index in [0.29, 0.717) is 36.4 Å². The van der Waals surface area contributed by atoms with Crippen LogP contribution in [0, 0.1) is 5.82 Å². The SMILES string of the molecule is O=C(CCn1c(=O)[nH]c2ccsc2c1=O)N1CCN(c2ccc(F)cc2)CC1. The molecule has 1 aromatic carbocycles. The molecule has 1 fully saturated rings. The molecule has 4 rings (SSSR count). The maximum Gasteiger partial charge on any atom is 0.328 e. The van der Waals surface area contributed by atoms with Gasteiger partial charge >= 0.3 is 5.69 Å². The Morgan fingerprint density at radius 2 is 1.79 bits per heavy atom. The number of carbonyl (C=O) groups is 1. The molecule has 28 heavy (non-hydrogen) atoms. The van der Waals surface area contributed by atoms with Crippen molar-refractivity contribution in [1.82, 2.24) is 14.5 Å². The monoisotopic (exact) mass is 402 g/mol. The topological polar surface area (TPSA) is 78.4 Å². The maximum absolute atomic E-state index is 13.1. The second-order valence-electron chi connectivity index (χ2n) is 6.64. The van der Waals surface area contributed by atoms with Gasteiger partial charge in [0.05, 0.1) is 5.52 Å². The number of piperazine rings is 1. The standard InChI is InChI=1S/C19H19FN4O3S/c20-13-1-3-14(4-2-13)22-8-10-23(11-9-22)16(25)5-7-24-18(26)17-15(6-12-28-17)21-19(24)27/h1-4,6,12H,5,7-11H2,(H,21,27). The number of hydrogen-bond acceptors (Lipinski definition) is 5. The van der Waals surface area contributed by atoms with E-state index in [1.807, 2.05) is 0 Å². The quantitative estimate of drug-likeness (QED) is 0.720. The number of anilines is 1. The van der Waals surface area contributed by atoms with Gasteiger partial charge in [-0.1, -0.05) is 0 Å². The van der Waals surface area contributed by atoms with Crippen molar-refractivity contribution in [2.45, 2.75) is 13.0 Å². The molecule has 1 amide bonds. The summed E-state index contributed by atoms with van der Waals surface area (Å²) in [6, 6.07) is 8.00. The summed E-state index contributed by atoms with van der Waals surface area (Å²) >= 11 is 1.27. The summed E-state index contributed by atoms with van der Waals surface area (Å²) in [5.74, 6) is -0.361. The Labute approximate surface area is 163 Å². The van der Waals surface area contributed by atoms with Crippen molar-refractivity contribution in [3.8, 4) is 0 Å². The number of rotatable bonds is 4. The molecule has 1 N–H and O–H groups in total. The molecular formula is C19H19FN4O3S. The van der Waals surface area contributed by atoms with Crippen molar-refractivity contribution in [2.75, 3.05) is 31.1 Å². The molecule has 0 unspecified atom stereocenters. The molecular weight excluding hydrogens is 383 g/mol. The summed E-state index contributed by atoms with van der Waals surface area (Å²) in [5.41, 5.74) is 0.600. The summed E-state index contributed by atoms with van der Waals surface area (Å²) in [5, 5.41) is 1.75. The predicted octanol–water partition coefficient (Wildman–Crippen LogP) is 1.63. The maximum atomic E-state index is 13.1. The van der Waals surface area contributed by atoms with Crippen molar-refractivity contribution < 1.29 is 9.18 Å². The van der Waals surface area contributed by atoms with Crippen molar-refractivity contribution >= 4 is 33.1 Å². The first-order valence-electron chi connectivity index (χ1n) is 9.01. The van der Waals surface area contributed by atoms with E-state index in [1.165, 1.54) is 23.5 Å². The van der Waals surface area contributed by atoms with E-state index in [0.717, 1.165) is 10.3 Å². The van der Waals surface area contributed by atoms with Gasteiger partial charge in [0.15, 0.2) is 0 Å². The zero-order valence-electron chi connectivity index (χ0n) is 15.1. The fourth-order valence-corrected chi connectivity index (χ4v) is 4.20. The second kappa shape index (κ2) is 7.59. The minimum Gasteiger partial charge on any atom is -0.368 e. The van der Waals surface area contributed by atoms with Crippen LogP contribution < -0.4 is 16.1 Å². The van der Waals surface area contributed by atoms with Crippen LogP contribution in [0.25, 0.3) is 10.2 Å². The number of nitrogens with one attached hydrogen (secondary N) is 1. The van der Waals surface area contributed by atoms with Gasteiger partial charge in [-0.25, -0.2) is 9.18 Å². The van der Waals surface area contributed by atoms with Crippen molar-refractivity contribution in [3.05, 3.63) is 62.4 Å². The molecule has 1 aliphatic rings. The normalized spacial score (nSPS) is 14.6. The van der Waals surface area contributed by atoms with Crippen LogP contribution in [0.4, 0.5) is 10.1 Å². The number of halogens is 1. The largest absolute Gasteiger partial charge is 0.368 e. The molecule has 0 atom stereocenters. The smallest absolute Gasteiger partial charge is 0.328 e. The number of thiophene rings is 1. The van der Waals surface area contributed by atoms with E-state index >= 15 is 0 Å². The van der Waals surface area contributed by atoms with Gasteiger partial charge in [-0.15, -0.1) is 11.3 Å². The number of benzene rings is 1. The molecule has 0 saturated carbocycles. The van der Waals surface area contributed by atoms with Gasteiger partial charge in [0.1, 0.15) is 10.5 Å². The Morgan fingerprint density at radius 3 is 2.50 bits per heavy atom. The van der Waals surface area contributed by atoms with E-state index in [1.54, 1.807) is 28.5 Å². The molecule has 0 radical (unpaired) electrons. The molecule has 3 aromatic rings. The highest BCUT2D eigenvalue weighted by molar-refractivity contribution is 7.17. The van der Waals surface area contributed by atoms with Gasteiger partial charge in [0.25, 0.3) is 5.56 Å². The minimum absolute atomic E-state index is 0.0546. The molecule has 1 saturated heterocycles. The number of hydrogen-bond donors (Lipinski definition) is 1. The molecule has 2 aromatic heterocycles. The van der Waals surface area contributed by atoms with Crippen LogP contribution in [0.2, 0.25) is 0 Å². The average molecular weight is 402 g/mol. The lowest BCUT2D eigenvalue weighted by atomic mass is 10.2. The number of fused-ring (bicyclic) bond motifs is 1. The van der Waals surface area contributed by atoms with Gasteiger partial charge in [-0.05, 0) is 35.7 Å². The van der Waals surface area contributed by atoms with E-state index in [4.69, 9.17) is 0 Å². The van der Waals surface area contributed by atoms with Gasteiger partial charge < -0.3 is 14.8 Å². The van der Waals surface area contributed by atoms with Gasteiger partial charge in [-0.2, -0.15) is 0 Å². The molecule has 0 aliphatic carbocycles. The van der Waals surface area contributed by atoms with Crippen LogP contribution in [0.1, 0.15) is 6.42 Å². The van der Waals surface area contributed by atoms with Crippen molar-refractivity contribution in [2.24, 2.45) is 0 Å². The number of nitrogens with zero attached hydrogens (tertiary/aromatic N) is 3. The van der Waals surface area contributed by atoms with Crippen LogP contribution in [0.5, 0.6) is 0 Å². The zero-order chi connectivity index (χ0) is 19.7. The first kappa shape index (κ1) is 18.4. The summed E-state index contributed by atoms with van der Waals surface area (Å²) in [6.07, 6.45) is 0.0937. The third-order valence-electron chi connectivity index (χ3n) is 4.96. The van der Waals surface area contributed by atoms with Crippen LogP contribution in [-0.4, -0.2) is 46.5 Å². The van der Waals surface area contributed by atoms with E-state index in [-0.39, 0.29) is 30.2 Å². The zero-order valence-corrected chi connectivity index (χ0v) is 15.9. The molecule has 0 spiro atoms. The highest BCUT2D eigenvalue weighted by Gasteiger charge is 2.21. The third-order valence-corrected chi connectivity index (χ3v) is 5.87. The number of aromatic nitrogens is 2. The molecule has 9 heteroatoms. The first-order valence-corrected chi connectivity index (χ1v) is 9.89.